The molecule has 1 N–H and O–H groups in total. The van der Waals surface area contributed by atoms with E-state index in [1.54, 1.807) is 11.8 Å². The Morgan fingerprint density at radius 1 is 1.41 bits per heavy atom. The van der Waals surface area contributed by atoms with Crippen LogP contribution >= 0.6 is 0 Å². The highest BCUT2D eigenvalue weighted by Crippen LogP contribution is 2.22. The molecule has 0 saturated carbocycles. The highest BCUT2D eigenvalue weighted by Gasteiger charge is 2.19. The van der Waals surface area contributed by atoms with Crippen LogP contribution in [0.1, 0.15) is 44.9 Å². The maximum Gasteiger partial charge on any atom is 0.216 e. The van der Waals surface area contributed by atoms with Gasteiger partial charge in [0.1, 0.15) is 0 Å². The summed E-state index contributed by atoms with van der Waals surface area (Å²) in [6, 6.07) is 0. The Morgan fingerprint density at radius 2 is 2.06 bits per heavy atom. The molecule has 0 unspecified atom stereocenters. The Morgan fingerprint density at radius 3 is 2.59 bits per heavy atom. The Hall–Kier alpha value is -1.03. The third kappa shape index (κ3) is 3.46. The first-order valence-electron chi connectivity index (χ1n) is 6.22. The highest BCUT2D eigenvalue weighted by atomic mass is 16.5. The molecule has 1 rings (SSSR count). The van der Waals surface area contributed by atoms with Crippen LogP contribution in [0.5, 0.6) is 5.88 Å². The van der Waals surface area contributed by atoms with E-state index in [0.717, 1.165) is 30.1 Å². The van der Waals surface area contributed by atoms with Gasteiger partial charge in [-0.15, -0.1) is 0 Å². The largest absolute Gasteiger partial charge is 0.481 e. The van der Waals surface area contributed by atoms with Crippen LogP contribution in [0.2, 0.25) is 0 Å². The average molecular weight is 239 g/mol. The van der Waals surface area contributed by atoms with Gasteiger partial charge in [-0.3, -0.25) is 0 Å². The molecule has 1 aromatic rings. The molecule has 0 fully saturated rings. The molecule has 0 aliphatic carbocycles. The van der Waals surface area contributed by atoms with Gasteiger partial charge in [0.15, 0.2) is 0 Å². The summed E-state index contributed by atoms with van der Waals surface area (Å²) in [5, 5.41) is 7.95. The zero-order valence-electron chi connectivity index (χ0n) is 11.9. The monoisotopic (exact) mass is 239 g/mol. The third-order valence-electron chi connectivity index (χ3n) is 3.10. The number of methoxy groups -OCH3 is 1. The Kier molecular flexibility index (Phi) is 4.57. The van der Waals surface area contributed by atoms with E-state index in [1.165, 1.54) is 6.42 Å². The zero-order valence-corrected chi connectivity index (χ0v) is 11.9. The molecular formula is C13H25N3O. The summed E-state index contributed by atoms with van der Waals surface area (Å²) in [7, 11) is 3.60. The molecule has 0 atom stereocenters. The molecule has 17 heavy (non-hydrogen) atoms. The first-order valence-corrected chi connectivity index (χ1v) is 6.22. The highest BCUT2D eigenvalue weighted by molar-refractivity contribution is 5.30. The van der Waals surface area contributed by atoms with Crippen LogP contribution in [0.3, 0.4) is 0 Å². The fourth-order valence-electron chi connectivity index (χ4n) is 2.18. The zero-order chi connectivity index (χ0) is 13.1. The van der Waals surface area contributed by atoms with Gasteiger partial charge >= 0.3 is 0 Å². The van der Waals surface area contributed by atoms with Crippen molar-refractivity contribution in [1.82, 2.24) is 15.1 Å². The average Bonchev–Trinajstić information content (AvgIpc) is 2.49. The maximum absolute atomic E-state index is 5.38. The molecule has 0 aromatic carbocycles. The summed E-state index contributed by atoms with van der Waals surface area (Å²) in [5.41, 5.74) is 2.34. The topological polar surface area (TPSA) is 39.1 Å². The fourth-order valence-corrected chi connectivity index (χ4v) is 2.18. The van der Waals surface area contributed by atoms with Crippen LogP contribution in [0.25, 0.3) is 0 Å². The number of nitrogens with zero attached hydrogens (tertiary/aromatic N) is 2. The Balaban J connectivity index is 2.75. The molecule has 1 heterocycles. The van der Waals surface area contributed by atoms with Gasteiger partial charge in [-0.05, 0) is 27.2 Å². The summed E-state index contributed by atoms with van der Waals surface area (Å²) in [5.74, 6) is 0.849. The maximum atomic E-state index is 5.38. The number of hydrogen-bond donors (Lipinski definition) is 1. The van der Waals surface area contributed by atoms with E-state index in [0.29, 0.717) is 0 Å². The molecule has 98 valence electrons. The van der Waals surface area contributed by atoms with Gasteiger partial charge in [0.05, 0.1) is 18.4 Å². The van der Waals surface area contributed by atoms with Crippen molar-refractivity contribution in [2.45, 2.75) is 52.6 Å². The fraction of sp³-hybridized carbons (Fsp3) is 0.769. The van der Waals surface area contributed by atoms with Crippen LogP contribution < -0.4 is 10.1 Å². The van der Waals surface area contributed by atoms with Crippen molar-refractivity contribution in [2.75, 3.05) is 7.11 Å². The summed E-state index contributed by atoms with van der Waals surface area (Å²) in [6.07, 6.45) is 2.35. The van der Waals surface area contributed by atoms with E-state index < -0.39 is 0 Å². The van der Waals surface area contributed by atoms with Crippen molar-refractivity contribution >= 4 is 0 Å². The number of nitrogens with one attached hydrogen (secondary N) is 1. The molecule has 0 saturated heterocycles. The van der Waals surface area contributed by atoms with Crippen LogP contribution in [-0.2, 0) is 13.6 Å². The van der Waals surface area contributed by atoms with Crippen LogP contribution in [0, 0.1) is 6.92 Å². The first-order chi connectivity index (χ1) is 7.91. The number of hydrogen-bond acceptors (Lipinski definition) is 3. The molecule has 0 aliphatic rings. The van der Waals surface area contributed by atoms with Crippen LogP contribution in [0.4, 0.5) is 0 Å². The lowest BCUT2D eigenvalue weighted by Crippen LogP contribution is -2.38. The lowest BCUT2D eigenvalue weighted by Gasteiger charge is -2.26. The summed E-state index contributed by atoms with van der Waals surface area (Å²) >= 11 is 0. The van der Waals surface area contributed by atoms with Gasteiger partial charge < -0.3 is 10.1 Å². The summed E-state index contributed by atoms with van der Waals surface area (Å²) in [6.45, 7) is 9.49. The molecule has 1 aromatic heterocycles. The van der Waals surface area contributed by atoms with Crippen molar-refractivity contribution in [1.29, 1.82) is 0 Å². The van der Waals surface area contributed by atoms with Crippen molar-refractivity contribution in [3.05, 3.63) is 11.3 Å². The van der Waals surface area contributed by atoms with Crippen molar-refractivity contribution in [3.8, 4) is 5.88 Å². The normalized spacial score (nSPS) is 11.9. The van der Waals surface area contributed by atoms with Crippen LogP contribution in [0.15, 0.2) is 0 Å². The molecule has 0 bridgehead atoms. The third-order valence-corrected chi connectivity index (χ3v) is 3.10. The second-order valence-electron chi connectivity index (χ2n) is 5.18. The minimum atomic E-state index is 0.155. The molecule has 0 radical (unpaired) electrons. The number of rotatable bonds is 6. The van der Waals surface area contributed by atoms with E-state index in [1.807, 2.05) is 14.0 Å². The minimum absolute atomic E-state index is 0.155. The second kappa shape index (κ2) is 5.54. The summed E-state index contributed by atoms with van der Waals surface area (Å²) < 4.78 is 7.17. The van der Waals surface area contributed by atoms with Gasteiger partial charge in [-0.2, -0.15) is 5.10 Å². The minimum Gasteiger partial charge on any atom is -0.481 e. The van der Waals surface area contributed by atoms with E-state index >= 15 is 0 Å². The number of aryl methyl sites for hydroxylation is 2. The van der Waals surface area contributed by atoms with Crippen LogP contribution in [-0.4, -0.2) is 22.4 Å². The van der Waals surface area contributed by atoms with E-state index in [4.69, 9.17) is 4.74 Å². The van der Waals surface area contributed by atoms with Gasteiger partial charge in [-0.25, -0.2) is 4.68 Å². The van der Waals surface area contributed by atoms with Gasteiger partial charge in [0, 0.05) is 19.1 Å². The van der Waals surface area contributed by atoms with Gasteiger partial charge in [0.2, 0.25) is 5.88 Å². The SMILES string of the molecule is CCCC(C)(C)NCc1c(C)nn(C)c1OC. The lowest BCUT2D eigenvalue weighted by molar-refractivity contribution is 0.342. The predicted octanol–water partition coefficient (Wildman–Crippen LogP) is 2.41. The van der Waals surface area contributed by atoms with Gasteiger partial charge in [0.25, 0.3) is 0 Å². The Bertz CT molecular complexity index is 369. The molecule has 4 nitrogen and oxygen atoms in total. The molecule has 0 spiro atoms. The second-order valence-corrected chi connectivity index (χ2v) is 5.18. The smallest absolute Gasteiger partial charge is 0.216 e. The predicted molar refractivity (Wildman–Crippen MR) is 70.3 cm³/mol. The quantitative estimate of drug-likeness (QED) is 0.828. The first kappa shape index (κ1) is 14.0. The Labute approximate surface area is 104 Å². The molecule has 0 aliphatic heterocycles. The van der Waals surface area contributed by atoms with E-state index in [2.05, 4.69) is 31.2 Å². The lowest BCUT2D eigenvalue weighted by atomic mass is 9.98. The number of aromatic nitrogens is 2. The van der Waals surface area contributed by atoms with Crippen molar-refractivity contribution in [3.63, 3.8) is 0 Å². The van der Waals surface area contributed by atoms with Gasteiger partial charge in [-0.1, -0.05) is 13.3 Å². The standard InChI is InChI=1S/C13H25N3O/c1-7-8-13(3,4)14-9-11-10(2)15-16(5)12(11)17-6/h14H,7-9H2,1-6H3. The summed E-state index contributed by atoms with van der Waals surface area (Å²) in [4.78, 5) is 0. The van der Waals surface area contributed by atoms with E-state index in [-0.39, 0.29) is 5.54 Å². The van der Waals surface area contributed by atoms with Crippen molar-refractivity contribution < 1.29 is 4.74 Å². The van der Waals surface area contributed by atoms with Crippen molar-refractivity contribution in [2.24, 2.45) is 7.05 Å². The molecule has 0 amide bonds. The molecular weight excluding hydrogens is 214 g/mol. The number of ether oxygens (including phenoxy) is 1. The molecule has 4 heteroatoms. The van der Waals surface area contributed by atoms with E-state index in [9.17, 15) is 0 Å².